The molecular formula is C10H13FN2O. The van der Waals surface area contributed by atoms with E-state index in [4.69, 9.17) is 4.74 Å². The third kappa shape index (κ3) is 2.42. The third-order valence-electron chi connectivity index (χ3n) is 2.24. The highest BCUT2D eigenvalue weighted by Crippen LogP contribution is 2.12. The van der Waals surface area contributed by atoms with Crippen LogP contribution in [-0.2, 0) is 0 Å². The first kappa shape index (κ1) is 9.40. The van der Waals surface area contributed by atoms with Crippen LogP contribution in [0.3, 0.4) is 0 Å². The summed E-state index contributed by atoms with van der Waals surface area (Å²) >= 11 is 0. The highest BCUT2D eigenvalue weighted by atomic mass is 19.1. The molecule has 2 rings (SSSR count). The monoisotopic (exact) mass is 196 g/mol. The number of pyridine rings is 1. The second kappa shape index (κ2) is 4.37. The minimum Gasteiger partial charge on any atom is -0.473 e. The van der Waals surface area contributed by atoms with Crippen molar-refractivity contribution in [3.05, 3.63) is 24.1 Å². The standard InChI is InChI=1S/C10H13FN2O/c11-8-3-4-10(13-6-8)14-9-2-1-5-12-7-9/h3-4,6,9,12H,1-2,5,7H2/t9-/m1/s1. The Labute approximate surface area is 82.3 Å². The number of ether oxygens (including phenoxy) is 1. The van der Waals surface area contributed by atoms with Gasteiger partial charge < -0.3 is 10.1 Å². The fourth-order valence-corrected chi connectivity index (χ4v) is 1.52. The van der Waals surface area contributed by atoms with Crippen molar-refractivity contribution in [3.63, 3.8) is 0 Å². The van der Waals surface area contributed by atoms with Gasteiger partial charge >= 0.3 is 0 Å². The van der Waals surface area contributed by atoms with Crippen LogP contribution in [0, 0.1) is 5.82 Å². The maximum absolute atomic E-state index is 12.5. The van der Waals surface area contributed by atoms with E-state index in [9.17, 15) is 4.39 Å². The second-order valence-electron chi connectivity index (χ2n) is 3.40. The molecule has 0 spiro atoms. The summed E-state index contributed by atoms with van der Waals surface area (Å²) < 4.78 is 18.1. The molecule has 0 radical (unpaired) electrons. The first-order valence-electron chi connectivity index (χ1n) is 4.83. The van der Waals surface area contributed by atoms with Gasteiger partial charge in [0.2, 0.25) is 5.88 Å². The lowest BCUT2D eigenvalue weighted by molar-refractivity contribution is 0.160. The molecule has 14 heavy (non-hydrogen) atoms. The predicted octanol–water partition coefficient (Wildman–Crippen LogP) is 1.35. The third-order valence-corrected chi connectivity index (χ3v) is 2.24. The van der Waals surface area contributed by atoms with Gasteiger partial charge in [0.05, 0.1) is 6.20 Å². The van der Waals surface area contributed by atoms with Crippen LogP contribution < -0.4 is 10.1 Å². The van der Waals surface area contributed by atoms with E-state index in [1.165, 1.54) is 12.3 Å². The van der Waals surface area contributed by atoms with Crippen LogP contribution in [0.25, 0.3) is 0 Å². The van der Waals surface area contributed by atoms with E-state index in [1.54, 1.807) is 6.07 Å². The predicted molar refractivity (Wildman–Crippen MR) is 50.7 cm³/mol. The molecular weight excluding hydrogens is 183 g/mol. The number of hydrogen-bond donors (Lipinski definition) is 1. The highest BCUT2D eigenvalue weighted by Gasteiger charge is 2.14. The lowest BCUT2D eigenvalue weighted by atomic mass is 10.1. The Balaban J connectivity index is 1.92. The molecule has 1 fully saturated rings. The van der Waals surface area contributed by atoms with Gasteiger partial charge in [0.1, 0.15) is 11.9 Å². The molecule has 76 valence electrons. The van der Waals surface area contributed by atoms with E-state index in [1.807, 2.05) is 0 Å². The van der Waals surface area contributed by atoms with Crippen LogP contribution in [0.4, 0.5) is 4.39 Å². The summed E-state index contributed by atoms with van der Waals surface area (Å²) in [7, 11) is 0. The maximum atomic E-state index is 12.5. The molecule has 3 nitrogen and oxygen atoms in total. The molecule has 2 heterocycles. The van der Waals surface area contributed by atoms with Crippen molar-refractivity contribution in [2.45, 2.75) is 18.9 Å². The number of piperidine rings is 1. The molecule has 1 aliphatic heterocycles. The van der Waals surface area contributed by atoms with Gasteiger partial charge in [-0.25, -0.2) is 9.37 Å². The van der Waals surface area contributed by atoms with Crippen molar-refractivity contribution < 1.29 is 9.13 Å². The Morgan fingerprint density at radius 2 is 2.43 bits per heavy atom. The Bertz CT molecular complexity index is 283. The summed E-state index contributed by atoms with van der Waals surface area (Å²) in [6.07, 6.45) is 3.49. The number of halogens is 1. The summed E-state index contributed by atoms with van der Waals surface area (Å²) in [6, 6.07) is 2.92. The van der Waals surface area contributed by atoms with Gasteiger partial charge in [0.15, 0.2) is 0 Å². The van der Waals surface area contributed by atoms with Crippen LogP contribution >= 0.6 is 0 Å². The van der Waals surface area contributed by atoms with Gasteiger partial charge in [-0.05, 0) is 25.5 Å². The lowest BCUT2D eigenvalue weighted by Gasteiger charge is -2.23. The first-order chi connectivity index (χ1) is 6.84. The number of nitrogens with one attached hydrogen (secondary N) is 1. The lowest BCUT2D eigenvalue weighted by Crippen LogP contribution is -2.37. The van der Waals surface area contributed by atoms with Crippen molar-refractivity contribution in [2.24, 2.45) is 0 Å². The zero-order valence-electron chi connectivity index (χ0n) is 7.87. The van der Waals surface area contributed by atoms with Crippen LogP contribution in [0.1, 0.15) is 12.8 Å². The fraction of sp³-hybridized carbons (Fsp3) is 0.500. The minimum atomic E-state index is -0.334. The SMILES string of the molecule is Fc1ccc(O[C@@H]2CCCNC2)nc1. The summed E-state index contributed by atoms with van der Waals surface area (Å²) in [6.45, 7) is 1.90. The number of rotatable bonds is 2. The molecule has 4 heteroatoms. The quantitative estimate of drug-likeness (QED) is 0.775. The van der Waals surface area contributed by atoms with E-state index >= 15 is 0 Å². The van der Waals surface area contributed by atoms with Gasteiger partial charge in [0.25, 0.3) is 0 Å². The largest absolute Gasteiger partial charge is 0.473 e. The molecule has 1 atom stereocenters. The molecule has 1 aliphatic rings. The maximum Gasteiger partial charge on any atom is 0.213 e. The smallest absolute Gasteiger partial charge is 0.213 e. The van der Waals surface area contributed by atoms with Crippen molar-refractivity contribution in [3.8, 4) is 5.88 Å². The van der Waals surface area contributed by atoms with Crippen molar-refractivity contribution in [1.29, 1.82) is 0 Å². The molecule has 0 saturated carbocycles. The van der Waals surface area contributed by atoms with E-state index in [2.05, 4.69) is 10.3 Å². The molecule has 1 aromatic heterocycles. The topological polar surface area (TPSA) is 34.1 Å². The Kier molecular flexibility index (Phi) is 2.93. The van der Waals surface area contributed by atoms with Crippen LogP contribution in [0.15, 0.2) is 18.3 Å². The molecule has 0 aromatic carbocycles. The van der Waals surface area contributed by atoms with Gasteiger partial charge in [-0.15, -0.1) is 0 Å². The second-order valence-corrected chi connectivity index (χ2v) is 3.40. The van der Waals surface area contributed by atoms with Gasteiger partial charge in [0, 0.05) is 12.6 Å². The molecule has 1 aromatic rings. The average molecular weight is 196 g/mol. The van der Waals surface area contributed by atoms with E-state index in [0.29, 0.717) is 5.88 Å². The van der Waals surface area contributed by atoms with Gasteiger partial charge in [-0.3, -0.25) is 0 Å². The highest BCUT2D eigenvalue weighted by molar-refractivity contribution is 5.11. The number of aromatic nitrogens is 1. The van der Waals surface area contributed by atoms with E-state index in [0.717, 1.165) is 25.9 Å². The first-order valence-corrected chi connectivity index (χ1v) is 4.83. The van der Waals surface area contributed by atoms with Gasteiger partial charge in [-0.2, -0.15) is 0 Å². The molecule has 0 unspecified atom stereocenters. The number of nitrogens with zero attached hydrogens (tertiary/aromatic N) is 1. The molecule has 0 amide bonds. The van der Waals surface area contributed by atoms with Crippen molar-refractivity contribution >= 4 is 0 Å². The minimum absolute atomic E-state index is 0.168. The molecule has 0 aliphatic carbocycles. The fourth-order valence-electron chi connectivity index (χ4n) is 1.52. The zero-order chi connectivity index (χ0) is 9.80. The van der Waals surface area contributed by atoms with Crippen molar-refractivity contribution in [2.75, 3.05) is 13.1 Å². The molecule has 1 N–H and O–H groups in total. The average Bonchev–Trinajstić information content (AvgIpc) is 2.23. The van der Waals surface area contributed by atoms with Gasteiger partial charge in [-0.1, -0.05) is 0 Å². The summed E-state index contributed by atoms with van der Waals surface area (Å²) in [5.41, 5.74) is 0. The summed E-state index contributed by atoms with van der Waals surface area (Å²) in [5, 5.41) is 3.24. The Morgan fingerprint density at radius 1 is 1.50 bits per heavy atom. The number of hydrogen-bond acceptors (Lipinski definition) is 3. The zero-order valence-corrected chi connectivity index (χ0v) is 7.87. The summed E-state index contributed by atoms with van der Waals surface area (Å²) in [5.74, 6) is 0.166. The van der Waals surface area contributed by atoms with Crippen LogP contribution in [-0.4, -0.2) is 24.2 Å². The normalized spacial score (nSPS) is 21.9. The van der Waals surface area contributed by atoms with Crippen molar-refractivity contribution in [1.82, 2.24) is 10.3 Å². The van der Waals surface area contributed by atoms with E-state index in [-0.39, 0.29) is 11.9 Å². The van der Waals surface area contributed by atoms with Crippen LogP contribution in [0.5, 0.6) is 5.88 Å². The Morgan fingerprint density at radius 3 is 3.07 bits per heavy atom. The van der Waals surface area contributed by atoms with E-state index < -0.39 is 0 Å². The molecule has 0 bridgehead atoms. The summed E-state index contributed by atoms with van der Waals surface area (Å²) in [4.78, 5) is 3.85. The Hall–Kier alpha value is -1.16. The molecule has 1 saturated heterocycles. The van der Waals surface area contributed by atoms with Crippen LogP contribution in [0.2, 0.25) is 0 Å².